The molecule has 4 nitrogen and oxygen atoms in total. The van der Waals surface area contributed by atoms with E-state index < -0.39 is 5.97 Å². The second-order valence-corrected chi connectivity index (χ2v) is 7.06. The van der Waals surface area contributed by atoms with Gasteiger partial charge in [0.1, 0.15) is 0 Å². The van der Waals surface area contributed by atoms with Crippen LogP contribution in [0, 0.1) is 17.3 Å². The highest BCUT2D eigenvalue weighted by Crippen LogP contribution is 2.46. The lowest BCUT2D eigenvalue weighted by Gasteiger charge is -2.40. The Morgan fingerprint density at radius 2 is 2.15 bits per heavy atom. The van der Waals surface area contributed by atoms with Gasteiger partial charge in [-0.1, -0.05) is 20.8 Å². The summed E-state index contributed by atoms with van der Waals surface area (Å²) in [6.07, 6.45) is 6.62. The highest BCUT2D eigenvalue weighted by atomic mass is 16.4. The molecule has 1 N–H and O–H groups in total. The molecule has 1 fully saturated rings. The maximum absolute atomic E-state index is 11.5. The first kappa shape index (κ1) is 15.1. The van der Waals surface area contributed by atoms with Gasteiger partial charge in [-0.3, -0.25) is 9.48 Å². The first-order valence-electron chi connectivity index (χ1n) is 7.58. The van der Waals surface area contributed by atoms with E-state index in [1.165, 1.54) is 0 Å². The van der Waals surface area contributed by atoms with Crippen LogP contribution in [0.2, 0.25) is 0 Å². The van der Waals surface area contributed by atoms with Gasteiger partial charge in [0.25, 0.3) is 0 Å². The number of carboxylic acids is 1. The number of hydrogen-bond donors (Lipinski definition) is 1. The predicted molar refractivity (Wildman–Crippen MR) is 78.6 cm³/mol. The Kier molecular flexibility index (Phi) is 4.21. The molecule has 112 valence electrons. The number of aliphatic carboxylic acids is 1. The minimum atomic E-state index is -0.661. The van der Waals surface area contributed by atoms with Crippen LogP contribution < -0.4 is 0 Å². The average molecular weight is 278 g/mol. The minimum absolute atomic E-state index is 0.103. The Labute approximate surface area is 121 Å². The molecule has 2 rings (SSSR count). The van der Waals surface area contributed by atoms with Crippen LogP contribution in [0.5, 0.6) is 0 Å². The fraction of sp³-hybridized carbons (Fsp3) is 0.750. The van der Waals surface area contributed by atoms with Gasteiger partial charge >= 0.3 is 5.97 Å². The first-order valence-corrected chi connectivity index (χ1v) is 7.58. The normalized spacial score (nSPS) is 27.5. The number of nitrogens with zero attached hydrogens (tertiary/aromatic N) is 2. The van der Waals surface area contributed by atoms with Gasteiger partial charge in [0.05, 0.1) is 12.1 Å². The SMILES string of the molecule is CCn1cc(C2CC(C(C)(C)C)CCC2C(=O)O)cn1. The molecule has 0 spiro atoms. The summed E-state index contributed by atoms with van der Waals surface area (Å²) < 4.78 is 1.88. The molecule has 1 aromatic heterocycles. The summed E-state index contributed by atoms with van der Waals surface area (Å²) in [6.45, 7) is 9.64. The van der Waals surface area contributed by atoms with E-state index in [0.717, 1.165) is 31.4 Å². The Hall–Kier alpha value is -1.32. The third kappa shape index (κ3) is 3.05. The van der Waals surface area contributed by atoms with Crippen molar-refractivity contribution >= 4 is 5.97 Å². The summed E-state index contributed by atoms with van der Waals surface area (Å²) in [5.41, 5.74) is 1.33. The fourth-order valence-electron chi connectivity index (χ4n) is 3.37. The van der Waals surface area contributed by atoms with Crippen molar-refractivity contribution in [1.29, 1.82) is 0 Å². The van der Waals surface area contributed by atoms with E-state index in [-0.39, 0.29) is 17.3 Å². The molecule has 0 aliphatic heterocycles. The number of carboxylic acid groups (broad SMARTS) is 1. The lowest BCUT2D eigenvalue weighted by Crippen LogP contribution is -2.34. The molecule has 0 bridgehead atoms. The van der Waals surface area contributed by atoms with Crippen molar-refractivity contribution in [2.45, 2.75) is 59.4 Å². The monoisotopic (exact) mass is 278 g/mol. The number of aryl methyl sites for hydroxylation is 1. The second-order valence-electron chi connectivity index (χ2n) is 7.06. The third-order valence-corrected chi connectivity index (χ3v) is 4.80. The topological polar surface area (TPSA) is 55.1 Å². The van der Waals surface area contributed by atoms with Crippen molar-refractivity contribution in [2.75, 3.05) is 0 Å². The van der Waals surface area contributed by atoms with Gasteiger partial charge in [0, 0.05) is 18.7 Å². The molecule has 1 aliphatic rings. The van der Waals surface area contributed by atoms with Crippen LogP contribution >= 0.6 is 0 Å². The molecule has 3 unspecified atom stereocenters. The highest BCUT2D eigenvalue weighted by molar-refractivity contribution is 5.71. The molecule has 1 aromatic rings. The van der Waals surface area contributed by atoms with Gasteiger partial charge < -0.3 is 5.11 Å². The smallest absolute Gasteiger partial charge is 0.307 e. The van der Waals surface area contributed by atoms with Gasteiger partial charge in [0.15, 0.2) is 0 Å². The molecular formula is C16H26N2O2. The molecule has 1 aliphatic carbocycles. The zero-order chi connectivity index (χ0) is 14.9. The summed E-state index contributed by atoms with van der Waals surface area (Å²) in [7, 11) is 0. The summed E-state index contributed by atoms with van der Waals surface area (Å²) in [5.74, 6) is -0.242. The van der Waals surface area contributed by atoms with Crippen molar-refractivity contribution < 1.29 is 9.90 Å². The molecule has 3 atom stereocenters. The summed E-state index contributed by atoms with van der Waals surface area (Å²) in [5, 5.41) is 13.8. The molecule has 20 heavy (non-hydrogen) atoms. The zero-order valence-corrected chi connectivity index (χ0v) is 13.0. The molecule has 0 aromatic carbocycles. The maximum atomic E-state index is 11.5. The minimum Gasteiger partial charge on any atom is -0.481 e. The molecular weight excluding hydrogens is 252 g/mol. The van der Waals surface area contributed by atoms with Crippen LogP contribution in [0.3, 0.4) is 0 Å². The quantitative estimate of drug-likeness (QED) is 0.920. The van der Waals surface area contributed by atoms with Gasteiger partial charge in [-0.15, -0.1) is 0 Å². The van der Waals surface area contributed by atoms with Crippen molar-refractivity contribution in [3.8, 4) is 0 Å². The standard InChI is InChI=1S/C16H26N2O2/c1-5-18-10-11(9-17-18)14-8-12(16(2,3)4)6-7-13(14)15(19)20/h9-10,12-14H,5-8H2,1-4H3,(H,19,20). The Bertz CT molecular complexity index is 473. The number of aromatic nitrogens is 2. The largest absolute Gasteiger partial charge is 0.481 e. The lowest BCUT2D eigenvalue weighted by atomic mass is 9.64. The van der Waals surface area contributed by atoms with Crippen molar-refractivity contribution in [3.05, 3.63) is 18.0 Å². The van der Waals surface area contributed by atoms with Crippen LogP contribution in [0.1, 0.15) is 58.4 Å². The van der Waals surface area contributed by atoms with Crippen LogP contribution in [0.15, 0.2) is 12.4 Å². The van der Waals surface area contributed by atoms with Crippen molar-refractivity contribution in [1.82, 2.24) is 9.78 Å². The van der Waals surface area contributed by atoms with Crippen LogP contribution in [-0.2, 0) is 11.3 Å². The van der Waals surface area contributed by atoms with Gasteiger partial charge in [-0.25, -0.2) is 0 Å². The van der Waals surface area contributed by atoms with Crippen molar-refractivity contribution in [2.24, 2.45) is 17.3 Å². The molecule has 1 heterocycles. The van der Waals surface area contributed by atoms with E-state index >= 15 is 0 Å². The zero-order valence-electron chi connectivity index (χ0n) is 13.0. The molecule has 0 saturated heterocycles. The van der Waals surface area contributed by atoms with Crippen molar-refractivity contribution in [3.63, 3.8) is 0 Å². The molecule has 1 saturated carbocycles. The van der Waals surface area contributed by atoms with Gasteiger partial charge in [-0.05, 0) is 43.1 Å². The molecule has 0 amide bonds. The molecule has 0 radical (unpaired) electrons. The highest BCUT2D eigenvalue weighted by Gasteiger charge is 2.40. The van der Waals surface area contributed by atoms with E-state index in [1.54, 1.807) is 0 Å². The third-order valence-electron chi connectivity index (χ3n) is 4.80. The fourth-order valence-corrected chi connectivity index (χ4v) is 3.37. The summed E-state index contributed by atoms with van der Waals surface area (Å²) >= 11 is 0. The van der Waals surface area contributed by atoms with E-state index in [1.807, 2.05) is 24.0 Å². The summed E-state index contributed by atoms with van der Waals surface area (Å²) in [6, 6.07) is 0. The van der Waals surface area contributed by atoms with Crippen LogP contribution in [-0.4, -0.2) is 20.9 Å². The maximum Gasteiger partial charge on any atom is 0.307 e. The number of carbonyl (C=O) groups is 1. The van der Waals surface area contributed by atoms with E-state index in [2.05, 4.69) is 25.9 Å². The van der Waals surface area contributed by atoms with Gasteiger partial charge in [0.2, 0.25) is 0 Å². The van der Waals surface area contributed by atoms with Crippen LogP contribution in [0.4, 0.5) is 0 Å². The Morgan fingerprint density at radius 1 is 1.45 bits per heavy atom. The van der Waals surface area contributed by atoms with Gasteiger partial charge in [-0.2, -0.15) is 5.10 Å². The number of rotatable bonds is 3. The molecule has 4 heteroatoms. The van der Waals surface area contributed by atoms with Crippen LogP contribution in [0.25, 0.3) is 0 Å². The Balaban J connectivity index is 2.25. The second kappa shape index (κ2) is 5.58. The lowest BCUT2D eigenvalue weighted by molar-refractivity contribution is -0.144. The number of hydrogen-bond acceptors (Lipinski definition) is 2. The predicted octanol–water partition coefficient (Wildman–Crippen LogP) is 3.53. The van der Waals surface area contributed by atoms with E-state index in [9.17, 15) is 9.90 Å². The average Bonchev–Trinajstić information content (AvgIpc) is 2.85. The Morgan fingerprint density at radius 3 is 2.65 bits per heavy atom. The first-order chi connectivity index (χ1) is 9.32. The van der Waals surface area contributed by atoms with E-state index in [4.69, 9.17) is 0 Å². The summed E-state index contributed by atoms with van der Waals surface area (Å²) in [4.78, 5) is 11.5. The van der Waals surface area contributed by atoms with E-state index in [0.29, 0.717) is 5.92 Å².